The lowest BCUT2D eigenvalue weighted by Crippen LogP contribution is -2.31. The van der Waals surface area contributed by atoms with Gasteiger partial charge in [-0.1, -0.05) is 29.8 Å². The van der Waals surface area contributed by atoms with E-state index in [1.165, 1.54) is 16.7 Å². The van der Waals surface area contributed by atoms with Gasteiger partial charge >= 0.3 is 0 Å². The van der Waals surface area contributed by atoms with Gasteiger partial charge in [0.05, 0.1) is 6.04 Å². The first-order valence-electron chi connectivity index (χ1n) is 7.03. The molecule has 0 saturated carbocycles. The predicted octanol–water partition coefficient (Wildman–Crippen LogP) is 4.05. The fourth-order valence-corrected chi connectivity index (χ4v) is 2.62. The quantitative estimate of drug-likeness (QED) is 0.838. The summed E-state index contributed by atoms with van der Waals surface area (Å²) in [7, 11) is 0. The van der Waals surface area contributed by atoms with E-state index in [1.807, 2.05) is 19.1 Å². The monoisotopic (exact) mass is 299 g/mol. The Labute approximate surface area is 131 Å². The van der Waals surface area contributed by atoms with Crippen molar-refractivity contribution in [2.75, 3.05) is 5.32 Å². The summed E-state index contributed by atoms with van der Waals surface area (Å²) in [4.78, 5) is 4.29. The molecule has 3 nitrogen and oxygen atoms in total. The topological polar surface area (TPSA) is 37.0 Å². The van der Waals surface area contributed by atoms with E-state index in [0.717, 1.165) is 11.4 Å². The van der Waals surface area contributed by atoms with E-state index in [4.69, 9.17) is 12.2 Å². The number of anilines is 1. The van der Waals surface area contributed by atoms with Crippen LogP contribution in [0.25, 0.3) is 0 Å². The van der Waals surface area contributed by atoms with Gasteiger partial charge in [0, 0.05) is 6.20 Å². The number of aryl methyl sites for hydroxylation is 3. The number of pyridine rings is 1. The molecular weight excluding hydrogens is 278 g/mol. The molecule has 1 heterocycles. The Bertz CT molecular complexity index is 652. The van der Waals surface area contributed by atoms with E-state index in [-0.39, 0.29) is 6.04 Å². The molecule has 0 spiro atoms. The van der Waals surface area contributed by atoms with Crippen molar-refractivity contribution in [1.82, 2.24) is 10.3 Å². The van der Waals surface area contributed by atoms with Crippen molar-refractivity contribution in [3.05, 3.63) is 58.8 Å². The van der Waals surface area contributed by atoms with E-state index in [0.29, 0.717) is 5.11 Å². The van der Waals surface area contributed by atoms with E-state index < -0.39 is 0 Å². The minimum atomic E-state index is 0.148. The van der Waals surface area contributed by atoms with Crippen molar-refractivity contribution >= 4 is 23.1 Å². The molecule has 110 valence electrons. The molecule has 21 heavy (non-hydrogen) atoms. The minimum Gasteiger partial charge on any atom is -0.356 e. The highest BCUT2D eigenvalue weighted by atomic mass is 32.1. The zero-order valence-corrected chi connectivity index (χ0v) is 13.7. The Morgan fingerprint density at radius 2 is 1.90 bits per heavy atom. The van der Waals surface area contributed by atoms with Crippen LogP contribution in [0.4, 0.5) is 5.82 Å². The summed E-state index contributed by atoms with van der Waals surface area (Å²) >= 11 is 5.38. The number of nitrogens with one attached hydrogen (secondary N) is 2. The van der Waals surface area contributed by atoms with Gasteiger partial charge in [-0.3, -0.25) is 0 Å². The van der Waals surface area contributed by atoms with Gasteiger partial charge in [-0.15, -0.1) is 0 Å². The second-order valence-electron chi connectivity index (χ2n) is 5.35. The zero-order valence-electron chi connectivity index (χ0n) is 12.9. The standard InChI is InChI=1S/C17H21N3S/c1-11-7-8-15(13(3)10-11)14(4)19-17(21)20-16-12(2)6-5-9-18-16/h5-10,14H,1-4H3,(H2,18,19,20,21). The highest BCUT2D eigenvalue weighted by molar-refractivity contribution is 7.80. The molecule has 0 aliphatic heterocycles. The van der Waals surface area contributed by atoms with Gasteiger partial charge in [-0.2, -0.15) is 0 Å². The van der Waals surface area contributed by atoms with Crippen molar-refractivity contribution in [1.29, 1.82) is 0 Å². The molecule has 0 saturated heterocycles. The van der Waals surface area contributed by atoms with Crippen LogP contribution < -0.4 is 10.6 Å². The Morgan fingerprint density at radius 3 is 2.57 bits per heavy atom. The maximum absolute atomic E-state index is 5.38. The third-order valence-electron chi connectivity index (χ3n) is 3.48. The summed E-state index contributed by atoms with van der Waals surface area (Å²) in [5, 5.41) is 7.05. The molecule has 1 atom stereocenters. The molecule has 1 aromatic heterocycles. The number of rotatable bonds is 3. The molecule has 2 rings (SSSR count). The van der Waals surface area contributed by atoms with Gasteiger partial charge < -0.3 is 10.6 Å². The lowest BCUT2D eigenvalue weighted by molar-refractivity contribution is 0.716. The summed E-state index contributed by atoms with van der Waals surface area (Å²) < 4.78 is 0. The SMILES string of the molecule is Cc1ccc(C(C)NC(=S)Nc2ncccc2C)c(C)c1. The molecule has 4 heteroatoms. The van der Waals surface area contributed by atoms with Crippen LogP contribution in [0.3, 0.4) is 0 Å². The maximum Gasteiger partial charge on any atom is 0.172 e. The minimum absolute atomic E-state index is 0.148. The van der Waals surface area contributed by atoms with Crippen LogP contribution in [0.2, 0.25) is 0 Å². The Balaban J connectivity index is 2.04. The third kappa shape index (κ3) is 4.02. The van der Waals surface area contributed by atoms with E-state index in [9.17, 15) is 0 Å². The van der Waals surface area contributed by atoms with Crippen molar-refractivity contribution in [2.45, 2.75) is 33.7 Å². The third-order valence-corrected chi connectivity index (χ3v) is 3.70. The Kier molecular flexibility index (Phi) is 4.91. The van der Waals surface area contributed by atoms with Crippen LogP contribution in [0.1, 0.15) is 35.2 Å². The first-order valence-corrected chi connectivity index (χ1v) is 7.44. The molecule has 2 aromatic rings. The summed E-state index contributed by atoms with van der Waals surface area (Å²) in [6.45, 7) is 8.34. The molecule has 0 aliphatic rings. The molecule has 0 amide bonds. The summed E-state index contributed by atoms with van der Waals surface area (Å²) in [6.07, 6.45) is 1.76. The number of nitrogens with zero attached hydrogens (tertiary/aromatic N) is 1. The number of thiocarbonyl (C=S) groups is 1. The fourth-order valence-electron chi connectivity index (χ4n) is 2.35. The number of aromatic nitrogens is 1. The highest BCUT2D eigenvalue weighted by Gasteiger charge is 2.10. The van der Waals surface area contributed by atoms with Crippen molar-refractivity contribution in [3.8, 4) is 0 Å². The van der Waals surface area contributed by atoms with Crippen LogP contribution in [0.5, 0.6) is 0 Å². The van der Waals surface area contributed by atoms with Gasteiger partial charge in [-0.25, -0.2) is 4.98 Å². The van der Waals surface area contributed by atoms with Gasteiger partial charge in [0.2, 0.25) is 0 Å². The smallest absolute Gasteiger partial charge is 0.172 e. The fraction of sp³-hybridized carbons (Fsp3) is 0.294. The van der Waals surface area contributed by atoms with E-state index >= 15 is 0 Å². The van der Waals surface area contributed by atoms with Gasteiger partial charge in [0.1, 0.15) is 5.82 Å². The first kappa shape index (κ1) is 15.4. The lowest BCUT2D eigenvalue weighted by Gasteiger charge is -2.19. The molecule has 0 radical (unpaired) electrons. The average Bonchev–Trinajstić information content (AvgIpc) is 2.41. The number of benzene rings is 1. The average molecular weight is 299 g/mol. The normalized spacial score (nSPS) is 11.8. The van der Waals surface area contributed by atoms with Gasteiger partial charge in [0.15, 0.2) is 5.11 Å². The van der Waals surface area contributed by atoms with Crippen LogP contribution >= 0.6 is 12.2 Å². The van der Waals surface area contributed by atoms with Crippen LogP contribution in [0.15, 0.2) is 36.5 Å². The molecule has 0 aliphatic carbocycles. The zero-order chi connectivity index (χ0) is 15.4. The molecule has 2 N–H and O–H groups in total. The summed E-state index contributed by atoms with van der Waals surface area (Å²) in [5.74, 6) is 0.794. The lowest BCUT2D eigenvalue weighted by atomic mass is 10.0. The summed E-state index contributed by atoms with van der Waals surface area (Å²) in [6, 6.07) is 10.5. The van der Waals surface area contributed by atoms with Crippen LogP contribution in [0, 0.1) is 20.8 Å². The van der Waals surface area contributed by atoms with Crippen LogP contribution in [-0.4, -0.2) is 10.1 Å². The molecular formula is C17H21N3S. The Morgan fingerprint density at radius 1 is 1.14 bits per heavy atom. The molecule has 1 aromatic carbocycles. The van der Waals surface area contributed by atoms with Crippen molar-refractivity contribution in [3.63, 3.8) is 0 Å². The van der Waals surface area contributed by atoms with Gasteiger partial charge in [-0.05, 0) is 62.7 Å². The molecule has 0 bridgehead atoms. The first-order chi connectivity index (χ1) is 9.97. The molecule has 0 fully saturated rings. The van der Waals surface area contributed by atoms with Crippen LogP contribution in [-0.2, 0) is 0 Å². The number of hydrogen-bond donors (Lipinski definition) is 2. The maximum atomic E-state index is 5.38. The van der Waals surface area contributed by atoms with Gasteiger partial charge in [0.25, 0.3) is 0 Å². The number of hydrogen-bond acceptors (Lipinski definition) is 2. The second-order valence-corrected chi connectivity index (χ2v) is 5.76. The Hall–Kier alpha value is -1.94. The largest absolute Gasteiger partial charge is 0.356 e. The molecule has 1 unspecified atom stereocenters. The summed E-state index contributed by atoms with van der Waals surface area (Å²) in [5.41, 5.74) is 4.86. The highest BCUT2D eigenvalue weighted by Crippen LogP contribution is 2.19. The van der Waals surface area contributed by atoms with E-state index in [1.54, 1.807) is 6.20 Å². The second kappa shape index (κ2) is 6.68. The van der Waals surface area contributed by atoms with Crippen molar-refractivity contribution in [2.24, 2.45) is 0 Å². The van der Waals surface area contributed by atoms with E-state index in [2.05, 4.69) is 54.6 Å². The predicted molar refractivity (Wildman–Crippen MR) is 92.7 cm³/mol. The van der Waals surface area contributed by atoms with Crippen molar-refractivity contribution < 1.29 is 0 Å².